The van der Waals surface area contributed by atoms with Crippen molar-refractivity contribution < 1.29 is 9.47 Å². The maximum atomic E-state index is 11.5. The first-order chi connectivity index (χ1) is 8.72. The summed E-state index contributed by atoms with van der Waals surface area (Å²) in [7, 11) is 0. The molecule has 0 aliphatic rings. The topological polar surface area (TPSA) is 69.1 Å². The summed E-state index contributed by atoms with van der Waals surface area (Å²) in [6.45, 7) is 7.76. The van der Waals surface area contributed by atoms with Gasteiger partial charge in [-0.05, 0) is 20.3 Å². The Morgan fingerprint density at radius 1 is 1.33 bits per heavy atom. The molecule has 1 aromatic rings. The highest BCUT2D eigenvalue weighted by molar-refractivity contribution is 7.99. The molecule has 0 fully saturated rings. The third kappa shape index (κ3) is 4.47. The molecule has 0 atom stereocenters. The number of thioether (sulfide) groups is 1. The Balaban J connectivity index is 2.58. The van der Waals surface area contributed by atoms with Crippen LogP contribution in [-0.4, -0.2) is 40.0 Å². The first kappa shape index (κ1) is 15.3. The molecule has 0 spiro atoms. The number of rotatable bonds is 9. The van der Waals surface area contributed by atoms with Gasteiger partial charge in [0.2, 0.25) is 0 Å². The van der Waals surface area contributed by atoms with Gasteiger partial charge in [-0.15, -0.1) is 5.10 Å². The Bertz CT molecular complexity index is 385. The SMILES string of the molecule is CCCn1c(SCC(OCC)OCC)n[nH]c1=O. The van der Waals surface area contributed by atoms with E-state index in [1.165, 1.54) is 11.8 Å². The van der Waals surface area contributed by atoms with Gasteiger partial charge in [-0.3, -0.25) is 4.57 Å². The predicted molar refractivity (Wildman–Crippen MR) is 70.9 cm³/mol. The van der Waals surface area contributed by atoms with Crippen LogP contribution in [-0.2, 0) is 16.0 Å². The second-order valence-electron chi connectivity index (χ2n) is 3.61. The van der Waals surface area contributed by atoms with E-state index in [4.69, 9.17) is 9.47 Å². The number of aromatic nitrogens is 3. The lowest BCUT2D eigenvalue weighted by Crippen LogP contribution is -2.21. The van der Waals surface area contributed by atoms with Crippen molar-refractivity contribution in [2.45, 2.75) is 45.2 Å². The third-order valence-electron chi connectivity index (χ3n) is 2.22. The van der Waals surface area contributed by atoms with E-state index in [1.54, 1.807) is 4.57 Å². The van der Waals surface area contributed by atoms with Crippen LogP contribution in [0.3, 0.4) is 0 Å². The average Bonchev–Trinajstić information content (AvgIpc) is 2.69. The van der Waals surface area contributed by atoms with Gasteiger partial charge in [0.15, 0.2) is 11.4 Å². The molecule has 0 amide bonds. The monoisotopic (exact) mass is 275 g/mol. The fourth-order valence-electron chi connectivity index (χ4n) is 1.49. The molecule has 0 aliphatic heterocycles. The molecule has 1 aromatic heterocycles. The molecule has 1 heterocycles. The van der Waals surface area contributed by atoms with Crippen LogP contribution < -0.4 is 5.69 Å². The molecule has 18 heavy (non-hydrogen) atoms. The van der Waals surface area contributed by atoms with Gasteiger partial charge in [-0.25, -0.2) is 9.89 Å². The first-order valence-electron chi connectivity index (χ1n) is 6.24. The maximum Gasteiger partial charge on any atom is 0.343 e. The van der Waals surface area contributed by atoms with Crippen molar-refractivity contribution in [3.05, 3.63) is 10.5 Å². The van der Waals surface area contributed by atoms with E-state index in [0.29, 0.717) is 30.7 Å². The van der Waals surface area contributed by atoms with E-state index in [2.05, 4.69) is 10.2 Å². The van der Waals surface area contributed by atoms with Gasteiger partial charge in [-0.2, -0.15) is 0 Å². The summed E-state index contributed by atoms with van der Waals surface area (Å²) in [5.41, 5.74) is -0.163. The lowest BCUT2D eigenvalue weighted by Gasteiger charge is -2.15. The first-order valence-corrected chi connectivity index (χ1v) is 7.22. The van der Waals surface area contributed by atoms with Gasteiger partial charge in [0.1, 0.15) is 0 Å². The highest BCUT2D eigenvalue weighted by atomic mass is 32.2. The molecule has 0 saturated heterocycles. The van der Waals surface area contributed by atoms with E-state index in [-0.39, 0.29) is 12.0 Å². The molecule has 1 rings (SSSR count). The van der Waals surface area contributed by atoms with Crippen molar-refractivity contribution in [3.63, 3.8) is 0 Å². The lowest BCUT2D eigenvalue weighted by molar-refractivity contribution is -0.120. The molecule has 0 bridgehead atoms. The molecule has 0 unspecified atom stereocenters. The summed E-state index contributed by atoms with van der Waals surface area (Å²) in [4.78, 5) is 11.5. The Morgan fingerprint density at radius 2 is 2.00 bits per heavy atom. The Kier molecular flexibility index (Phi) is 7.07. The van der Waals surface area contributed by atoms with Crippen molar-refractivity contribution in [1.82, 2.24) is 14.8 Å². The Morgan fingerprint density at radius 3 is 2.56 bits per heavy atom. The van der Waals surface area contributed by atoms with Gasteiger partial charge in [0.05, 0.1) is 5.75 Å². The van der Waals surface area contributed by atoms with Crippen molar-refractivity contribution in [2.75, 3.05) is 19.0 Å². The number of ether oxygens (including phenoxy) is 2. The van der Waals surface area contributed by atoms with Crippen LogP contribution in [0, 0.1) is 0 Å². The van der Waals surface area contributed by atoms with Crippen LogP contribution >= 0.6 is 11.8 Å². The van der Waals surface area contributed by atoms with Gasteiger partial charge in [0.25, 0.3) is 0 Å². The summed E-state index contributed by atoms with van der Waals surface area (Å²) in [5.74, 6) is 0.621. The van der Waals surface area contributed by atoms with Gasteiger partial charge in [0, 0.05) is 19.8 Å². The molecule has 104 valence electrons. The number of nitrogens with zero attached hydrogens (tertiary/aromatic N) is 2. The van der Waals surface area contributed by atoms with Crippen molar-refractivity contribution in [3.8, 4) is 0 Å². The van der Waals surface area contributed by atoms with Crippen LogP contribution in [0.25, 0.3) is 0 Å². The highest BCUT2D eigenvalue weighted by Gasteiger charge is 2.13. The lowest BCUT2D eigenvalue weighted by atomic mass is 10.5. The molecule has 0 aromatic carbocycles. The maximum absolute atomic E-state index is 11.5. The smallest absolute Gasteiger partial charge is 0.343 e. The van der Waals surface area contributed by atoms with Gasteiger partial charge >= 0.3 is 5.69 Å². The van der Waals surface area contributed by atoms with Crippen LogP contribution in [0.2, 0.25) is 0 Å². The zero-order valence-corrected chi connectivity index (χ0v) is 12.0. The molecule has 0 radical (unpaired) electrons. The van der Waals surface area contributed by atoms with E-state index in [1.807, 2.05) is 20.8 Å². The molecule has 7 heteroatoms. The van der Waals surface area contributed by atoms with Crippen molar-refractivity contribution in [1.29, 1.82) is 0 Å². The van der Waals surface area contributed by atoms with E-state index in [0.717, 1.165) is 6.42 Å². The zero-order chi connectivity index (χ0) is 13.4. The van der Waals surface area contributed by atoms with Crippen LogP contribution in [0.15, 0.2) is 9.95 Å². The normalized spacial score (nSPS) is 11.3. The largest absolute Gasteiger partial charge is 0.352 e. The predicted octanol–water partition coefficient (Wildman–Crippen LogP) is 1.47. The number of H-pyrrole nitrogens is 1. The van der Waals surface area contributed by atoms with Crippen LogP contribution in [0.4, 0.5) is 0 Å². The van der Waals surface area contributed by atoms with E-state index < -0.39 is 0 Å². The van der Waals surface area contributed by atoms with Crippen LogP contribution in [0.5, 0.6) is 0 Å². The molecular weight excluding hydrogens is 254 g/mol. The fourth-order valence-corrected chi connectivity index (χ4v) is 2.41. The standard InChI is InChI=1S/C11H21N3O3S/c1-4-7-14-10(15)12-13-11(14)18-8-9(16-5-2)17-6-3/h9H,4-8H2,1-3H3,(H,12,15). The minimum atomic E-state index is -0.258. The van der Waals surface area contributed by atoms with Gasteiger partial charge in [-0.1, -0.05) is 18.7 Å². The summed E-state index contributed by atoms with van der Waals surface area (Å²) in [6, 6.07) is 0. The fraction of sp³-hybridized carbons (Fsp3) is 0.818. The third-order valence-corrected chi connectivity index (χ3v) is 3.23. The second-order valence-corrected chi connectivity index (χ2v) is 4.60. The van der Waals surface area contributed by atoms with Crippen molar-refractivity contribution >= 4 is 11.8 Å². The number of hydrogen-bond donors (Lipinski definition) is 1. The average molecular weight is 275 g/mol. The number of hydrogen-bond acceptors (Lipinski definition) is 5. The minimum absolute atomic E-state index is 0.163. The molecular formula is C11H21N3O3S. The second kappa shape index (κ2) is 8.34. The zero-order valence-electron chi connectivity index (χ0n) is 11.1. The summed E-state index contributed by atoms with van der Waals surface area (Å²) < 4.78 is 12.5. The highest BCUT2D eigenvalue weighted by Crippen LogP contribution is 2.16. The van der Waals surface area contributed by atoms with E-state index in [9.17, 15) is 4.79 Å². The quantitative estimate of drug-likeness (QED) is 0.546. The number of nitrogens with one attached hydrogen (secondary N) is 1. The van der Waals surface area contributed by atoms with Gasteiger partial charge < -0.3 is 9.47 Å². The molecule has 1 N–H and O–H groups in total. The Hall–Kier alpha value is -0.790. The Labute approximate surface area is 111 Å². The summed E-state index contributed by atoms with van der Waals surface area (Å²) >= 11 is 1.47. The molecule has 6 nitrogen and oxygen atoms in total. The molecule has 0 saturated carbocycles. The van der Waals surface area contributed by atoms with Crippen molar-refractivity contribution in [2.24, 2.45) is 0 Å². The minimum Gasteiger partial charge on any atom is -0.352 e. The summed E-state index contributed by atoms with van der Waals surface area (Å²) in [5, 5.41) is 7.15. The van der Waals surface area contributed by atoms with Crippen LogP contribution in [0.1, 0.15) is 27.2 Å². The number of aromatic amines is 1. The van der Waals surface area contributed by atoms with E-state index >= 15 is 0 Å². The summed E-state index contributed by atoms with van der Waals surface area (Å²) in [6.07, 6.45) is 0.639. The molecule has 0 aliphatic carbocycles.